The Kier molecular flexibility index (Phi) is 4.62. The predicted octanol–water partition coefficient (Wildman–Crippen LogP) is 10.9. The van der Waals surface area contributed by atoms with Gasteiger partial charge < -0.3 is 0 Å². The molecule has 0 heteroatoms. The third-order valence-electron chi connectivity index (χ3n) is 7.96. The van der Waals surface area contributed by atoms with Crippen molar-refractivity contribution in [3.63, 3.8) is 0 Å². The van der Waals surface area contributed by atoms with Crippen molar-refractivity contribution in [3.05, 3.63) is 146 Å². The third kappa shape index (κ3) is 3.24. The fraction of sp³-hybridized carbons (Fsp3) is 0. The van der Waals surface area contributed by atoms with Gasteiger partial charge in [-0.25, -0.2) is 0 Å². The Labute approximate surface area is 220 Å². The zero-order valence-corrected chi connectivity index (χ0v) is 20.9. The van der Waals surface area contributed by atoms with Crippen LogP contribution in [0.15, 0.2) is 146 Å². The van der Waals surface area contributed by atoms with E-state index in [-0.39, 0.29) is 0 Å². The first-order valence-electron chi connectivity index (χ1n) is 13.2. The second-order valence-corrected chi connectivity index (χ2v) is 10.2. The quantitative estimate of drug-likeness (QED) is 0.150. The number of benzene rings is 9. The first-order valence-corrected chi connectivity index (χ1v) is 13.2. The van der Waals surface area contributed by atoms with Crippen molar-refractivity contribution in [2.75, 3.05) is 0 Å². The molecular formula is C38H24. The molecule has 0 N–H and O–H groups in total. The molecule has 0 nitrogen and oxygen atoms in total. The first-order chi connectivity index (χ1) is 18.8. The monoisotopic (exact) mass is 480 g/mol. The summed E-state index contributed by atoms with van der Waals surface area (Å²) in [5, 5.41) is 18.7. The smallest absolute Gasteiger partial charge is 0.00264 e. The van der Waals surface area contributed by atoms with Gasteiger partial charge in [0.15, 0.2) is 0 Å². The van der Waals surface area contributed by atoms with E-state index in [0.717, 1.165) is 0 Å². The Morgan fingerprint density at radius 1 is 0.211 bits per heavy atom. The minimum Gasteiger partial charge on any atom is -0.0616 e. The van der Waals surface area contributed by atoms with Crippen LogP contribution in [-0.2, 0) is 0 Å². The maximum Gasteiger partial charge on any atom is -0.00264 e. The highest BCUT2D eigenvalue weighted by Crippen LogP contribution is 2.39. The maximum atomic E-state index is 2.27. The van der Waals surface area contributed by atoms with Crippen molar-refractivity contribution >= 4 is 75.4 Å². The molecule has 9 aromatic rings. The lowest BCUT2D eigenvalue weighted by Crippen LogP contribution is -1.85. The highest BCUT2D eigenvalue weighted by molar-refractivity contribution is 6.32. The molecule has 0 saturated carbocycles. The fourth-order valence-electron chi connectivity index (χ4n) is 6.21. The van der Waals surface area contributed by atoms with Crippen LogP contribution in [0.2, 0.25) is 0 Å². The van der Waals surface area contributed by atoms with E-state index in [0.29, 0.717) is 0 Å². The molecule has 0 unspecified atom stereocenters. The average Bonchev–Trinajstić information content (AvgIpc) is 2.98. The van der Waals surface area contributed by atoms with Gasteiger partial charge in [-0.2, -0.15) is 0 Å². The minimum atomic E-state index is 1.31. The summed E-state index contributed by atoms with van der Waals surface area (Å²) < 4.78 is 0. The van der Waals surface area contributed by atoms with Gasteiger partial charge in [0.1, 0.15) is 0 Å². The van der Waals surface area contributed by atoms with Crippen LogP contribution in [0.25, 0.3) is 75.4 Å². The van der Waals surface area contributed by atoms with Gasteiger partial charge in [0.05, 0.1) is 0 Å². The van der Waals surface area contributed by atoms with Crippen molar-refractivity contribution in [1.29, 1.82) is 0 Å². The van der Waals surface area contributed by atoms with Crippen LogP contribution < -0.4 is 0 Å². The van der Waals surface area contributed by atoms with E-state index in [9.17, 15) is 0 Å². The van der Waals surface area contributed by atoms with E-state index in [4.69, 9.17) is 0 Å². The van der Waals surface area contributed by atoms with Crippen molar-refractivity contribution in [2.24, 2.45) is 0 Å². The number of hydrogen-bond acceptors (Lipinski definition) is 0. The van der Waals surface area contributed by atoms with Gasteiger partial charge in [-0.3, -0.25) is 0 Å². The summed E-state index contributed by atoms with van der Waals surface area (Å²) in [7, 11) is 0. The minimum absolute atomic E-state index is 1.31. The van der Waals surface area contributed by atoms with Gasteiger partial charge in [0.2, 0.25) is 0 Å². The topological polar surface area (TPSA) is 0 Å². The van der Waals surface area contributed by atoms with E-state index in [1.807, 2.05) is 0 Å². The van der Waals surface area contributed by atoms with Crippen molar-refractivity contribution in [1.82, 2.24) is 0 Å². The molecule has 0 radical (unpaired) electrons. The summed E-state index contributed by atoms with van der Waals surface area (Å²) in [5.74, 6) is 0. The lowest BCUT2D eigenvalue weighted by Gasteiger charge is -2.13. The van der Waals surface area contributed by atoms with Crippen LogP contribution in [-0.4, -0.2) is 0 Å². The Bertz CT molecular complexity index is 1970. The summed E-state index contributed by atoms with van der Waals surface area (Å²) >= 11 is 0. The molecular weight excluding hydrogens is 456 g/mol. The normalized spacial score (nSPS) is 11.7. The summed E-state index contributed by atoms with van der Waals surface area (Å²) in [6.07, 6.45) is 0. The van der Waals surface area contributed by atoms with E-state index in [1.54, 1.807) is 0 Å². The molecule has 38 heavy (non-hydrogen) atoms. The van der Waals surface area contributed by atoms with E-state index >= 15 is 0 Å². The molecule has 0 heterocycles. The van der Waals surface area contributed by atoms with Gasteiger partial charge in [-0.1, -0.05) is 121 Å². The lowest BCUT2D eigenvalue weighted by molar-refractivity contribution is 1.77. The second kappa shape index (κ2) is 8.30. The molecule has 0 saturated heterocycles. The predicted molar refractivity (Wildman–Crippen MR) is 167 cm³/mol. The van der Waals surface area contributed by atoms with Crippen LogP contribution in [0, 0.1) is 0 Å². The summed E-state index contributed by atoms with van der Waals surface area (Å²) in [6, 6.07) is 52.6. The van der Waals surface area contributed by atoms with Gasteiger partial charge >= 0.3 is 0 Å². The molecule has 0 fully saturated rings. The van der Waals surface area contributed by atoms with Crippen molar-refractivity contribution in [2.45, 2.75) is 0 Å². The molecule has 0 bridgehead atoms. The zero-order valence-electron chi connectivity index (χ0n) is 20.9. The number of fused-ring (bicyclic) bond motifs is 5. The summed E-state index contributed by atoms with van der Waals surface area (Å²) in [6.45, 7) is 0. The molecule has 0 aliphatic rings. The highest BCUT2D eigenvalue weighted by atomic mass is 14.1. The lowest BCUT2D eigenvalue weighted by atomic mass is 9.90. The van der Waals surface area contributed by atoms with Gasteiger partial charge in [-0.05, 0) is 99.7 Å². The van der Waals surface area contributed by atoms with Gasteiger partial charge in [0, 0.05) is 0 Å². The largest absolute Gasteiger partial charge is 0.0616 e. The fourth-order valence-corrected chi connectivity index (χ4v) is 6.21. The molecule has 0 aliphatic heterocycles. The average molecular weight is 481 g/mol. The zero-order chi connectivity index (χ0) is 25.1. The highest BCUT2D eigenvalue weighted by Gasteiger charge is 2.11. The van der Waals surface area contributed by atoms with Crippen molar-refractivity contribution < 1.29 is 0 Å². The SMILES string of the molecule is c1cc2cccc3c4cccc5cccc(c(c1)c23)c54.c1ccc2cc3cc4ccccc4cc3cc2c1. The van der Waals surface area contributed by atoms with E-state index in [2.05, 4.69) is 146 Å². The molecule has 176 valence electrons. The first kappa shape index (κ1) is 21.2. The van der Waals surface area contributed by atoms with Crippen LogP contribution in [0.4, 0.5) is 0 Å². The summed E-state index contributed by atoms with van der Waals surface area (Å²) in [5.41, 5.74) is 0. The second-order valence-electron chi connectivity index (χ2n) is 10.2. The van der Waals surface area contributed by atoms with Crippen LogP contribution in [0.1, 0.15) is 0 Å². The van der Waals surface area contributed by atoms with E-state index < -0.39 is 0 Å². The van der Waals surface area contributed by atoms with Crippen molar-refractivity contribution in [3.8, 4) is 0 Å². The molecule has 0 aromatic heterocycles. The molecule has 9 rings (SSSR count). The van der Waals surface area contributed by atoms with Crippen LogP contribution in [0.5, 0.6) is 0 Å². The Morgan fingerprint density at radius 2 is 0.474 bits per heavy atom. The van der Waals surface area contributed by atoms with Gasteiger partial charge in [0.25, 0.3) is 0 Å². The Morgan fingerprint density at radius 3 is 0.763 bits per heavy atom. The standard InChI is InChI=1S/C20H12.C18H12/c1-5-13-6-2-11-17-18-12-4-8-14-7-3-10-16(20(14)18)15(9-1)19(13)17;1-2-6-14-10-18-12-16-8-4-3-7-15(16)11-17(18)9-13(14)5-1/h1-12H;1-12H. The molecule has 0 spiro atoms. The molecule has 0 amide bonds. The number of rotatable bonds is 0. The number of hydrogen-bond donors (Lipinski definition) is 0. The Hall–Kier alpha value is -4.94. The molecule has 0 atom stereocenters. The maximum absolute atomic E-state index is 2.27. The van der Waals surface area contributed by atoms with Gasteiger partial charge in [-0.15, -0.1) is 0 Å². The molecule has 9 aromatic carbocycles. The van der Waals surface area contributed by atoms with E-state index in [1.165, 1.54) is 75.4 Å². The summed E-state index contributed by atoms with van der Waals surface area (Å²) in [4.78, 5) is 0. The van der Waals surface area contributed by atoms with Crippen LogP contribution in [0.3, 0.4) is 0 Å². The Balaban J connectivity index is 0.000000119. The molecule has 0 aliphatic carbocycles. The third-order valence-corrected chi connectivity index (χ3v) is 7.96. The van der Waals surface area contributed by atoms with Crippen LogP contribution >= 0.6 is 0 Å².